The van der Waals surface area contributed by atoms with Gasteiger partial charge in [-0.05, 0) is 73.4 Å². The average molecular weight is 624 g/mol. The minimum absolute atomic E-state index is 0.0841. The lowest BCUT2D eigenvalue weighted by Crippen LogP contribution is -2.35. The Morgan fingerprint density at radius 3 is 2.34 bits per heavy atom. The van der Waals surface area contributed by atoms with Crippen molar-refractivity contribution in [2.75, 3.05) is 18.0 Å². The van der Waals surface area contributed by atoms with E-state index in [0.717, 1.165) is 25.4 Å². The van der Waals surface area contributed by atoms with E-state index in [1.54, 1.807) is 0 Å². The van der Waals surface area contributed by atoms with Gasteiger partial charge in [-0.15, -0.1) is 0 Å². The van der Waals surface area contributed by atoms with Crippen LogP contribution in [0.25, 0.3) is 10.8 Å². The number of rotatable bonds is 11. The van der Waals surface area contributed by atoms with Crippen molar-refractivity contribution in [1.29, 1.82) is 0 Å². The van der Waals surface area contributed by atoms with Crippen molar-refractivity contribution < 1.29 is 4.58 Å². The molecular weight excluding hydrogens is 569 g/mol. The Labute approximate surface area is 284 Å². The highest BCUT2D eigenvalue weighted by Gasteiger charge is 2.49. The summed E-state index contributed by atoms with van der Waals surface area (Å²) in [6.45, 7) is 14.3. The number of fused-ring (bicyclic) bond motifs is 4. The van der Waals surface area contributed by atoms with Gasteiger partial charge >= 0.3 is 0 Å². The summed E-state index contributed by atoms with van der Waals surface area (Å²) in [7, 11) is 0. The molecule has 2 heteroatoms. The lowest BCUT2D eigenvalue weighted by Gasteiger charge is -2.32. The molecule has 1 fully saturated rings. The van der Waals surface area contributed by atoms with Crippen LogP contribution in [0.2, 0.25) is 0 Å². The quantitative estimate of drug-likeness (QED) is 0.119. The highest BCUT2D eigenvalue weighted by molar-refractivity contribution is 6.05. The van der Waals surface area contributed by atoms with E-state index in [1.807, 2.05) is 0 Å². The first-order chi connectivity index (χ1) is 22.8. The number of hydrogen-bond donors (Lipinski definition) is 0. The predicted molar refractivity (Wildman–Crippen MR) is 201 cm³/mol. The zero-order valence-electron chi connectivity index (χ0n) is 29.6. The van der Waals surface area contributed by atoms with Crippen molar-refractivity contribution in [3.63, 3.8) is 0 Å². The van der Waals surface area contributed by atoms with Gasteiger partial charge in [-0.25, -0.2) is 0 Å². The van der Waals surface area contributed by atoms with Gasteiger partial charge in [-0.2, -0.15) is 4.58 Å². The molecule has 2 nitrogen and oxygen atoms in total. The molecule has 1 unspecified atom stereocenters. The minimum atomic E-state index is -0.176. The van der Waals surface area contributed by atoms with E-state index < -0.39 is 0 Å². The monoisotopic (exact) mass is 623 g/mol. The first-order valence-corrected chi connectivity index (χ1v) is 18.6. The maximum absolute atomic E-state index is 2.76. The summed E-state index contributed by atoms with van der Waals surface area (Å²) >= 11 is 0. The molecule has 0 bridgehead atoms. The van der Waals surface area contributed by atoms with Crippen molar-refractivity contribution in [2.45, 2.75) is 103 Å². The summed E-state index contributed by atoms with van der Waals surface area (Å²) < 4.78 is 2.67. The third-order valence-corrected chi connectivity index (χ3v) is 11.7. The first-order valence-electron chi connectivity index (χ1n) is 18.6. The Morgan fingerprint density at radius 2 is 1.55 bits per heavy atom. The molecular formula is C45H55N2+. The molecule has 7 rings (SSSR count). The number of nitrogens with zero attached hydrogens (tertiary/aromatic N) is 2. The number of hydrogen-bond acceptors (Lipinski definition) is 1. The smallest absolute Gasteiger partial charge is 0.209 e. The van der Waals surface area contributed by atoms with E-state index in [1.165, 1.54) is 102 Å². The van der Waals surface area contributed by atoms with Gasteiger partial charge in [0.05, 0.1) is 5.41 Å². The summed E-state index contributed by atoms with van der Waals surface area (Å²) in [5, 5.41) is 2.74. The number of unbranched alkanes of at least 4 members (excludes halogenated alkanes) is 1. The van der Waals surface area contributed by atoms with Crippen LogP contribution in [0.3, 0.4) is 0 Å². The van der Waals surface area contributed by atoms with E-state index >= 15 is 0 Å². The van der Waals surface area contributed by atoms with Crippen molar-refractivity contribution >= 4 is 27.9 Å². The fraction of sp³-hybridized carbons (Fsp3) is 0.444. The molecule has 1 saturated carbocycles. The number of anilines is 1. The highest BCUT2D eigenvalue weighted by atomic mass is 15.2. The fourth-order valence-electron chi connectivity index (χ4n) is 9.14. The van der Waals surface area contributed by atoms with Gasteiger partial charge in [0.25, 0.3) is 0 Å². The number of allylic oxidation sites excluding steroid dienone is 2. The molecule has 0 N–H and O–H groups in total. The van der Waals surface area contributed by atoms with Crippen LogP contribution in [-0.4, -0.2) is 23.4 Å². The zero-order valence-corrected chi connectivity index (χ0v) is 29.6. The number of benzene rings is 4. The summed E-state index contributed by atoms with van der Waals surface area (Å²) in [5.41, 5.74) is 9.81. The molecule has 4 aromatic carbocycles. The third-order valence-electron chi connectivity index (χ3n) is 11.7. The molecule has 0 aromatic heterocycles. The largest absolute Gasteiger partial charge is 0.344 e. The van der Waals surface area contributed by atoms with E-state index in [0.29, 0.717) is 5.92 Å². The summed E-state index contributed by atoms with van der Waals surface area (Å²) in [6, 6.07) is 34.3. The van der Waals surface area contributed by atoms with Crippen LogP contribution in [0.5, 0.6) is 0 Å². The second kappa shape index (κ2) is 13.1. The van der Waals surface area contributed by atoms with Gasteiger partial charge in [0.1, 0.15) is 6.54 Å². The molecule has 0 saturated heterocycles. The molecule has 2 aliphatic heterocycles. The molecule has 1 atom stereocenters. The zero-order chi connectivity index (χ0) is 32.6. The Hall–Kier alpha value is -3.65. The molecule has 244 valence electrons. The minimum Gasteiger partial charge on any atom is -0.344 e. The molecule has 1 aliphatic carbocycles. The van der Waals surface area contributed by atoms with E-state index in [4.69, 9.17) is 0 Å². The van der Waals surface area contributed by atoms with Crippen LogP contribution in [-0.2, 0) is 17.3 Å². The standard InChI is InChI=1S/C45H55N2/c1-33(2)28-30-47-39-25-14-13-24-38(39)44(3,4)41(47)31-42-45(5,32-35-20-7-6-8-21-35)43-37-23-12-11-22-36(37)26-27-40(43)46(42)29-16-15-19-34-17-9-10-18-34/h6-8,11-14,20-27,31,33-34H,9-10,15-19,28-30,32H2,1-5H3/q+1. The van der Waals surface area contributed by atoms with Gasteiger partial charge in [0, 0.05) is 47.5 Å². The normalized spacial score (nSPS) is 21.4. The average Bonchev–Trinajstić information content (AvgIpc) is 3.73. The maximum atomic E-state index is 2.76. The summed E-state index contributed by atoms with van der Waals surface area (Å²) in [5.74, 6) is 1.60. The second-order valence-electron chi connectivity index (χ2n) is 15.9. The van der Waals surface area contributed by atoms with Crippen molar-refractivity contribution in [3.8, 4) is 0 Å². The van der Waals surface area contributed by atoms with Crippen LogP contribution in [0.1, 0.15) is 103 Å². The van der Waals surface area contributed by atoms with Gasteiger partial charge in [-0.1, -0.05) is 131 Å². The molecule has 0 radical (unpaired) electrons. The topological polar surface area (TPSA) is 6.25 Å². The maximum Gasteiger partial charge on any atom is 0.209 e. The fourth-order valence-corrected chi connectivity index (χ4v) is 9.14. The van der Waals surface area contributed by atoms with Crippen LogP contribution in [0.4, 0.5) is 11.4 Å². The Balaban J connectivity index is 1.40. The van der Waals surface area contributed by atoms with E-state index in [-0.39, 0.29) is 10.8 Å². The van der Waals surface area contributed by atoms with Crippen molar-refractivity contribution in [1.82, 2.24) is 0 Å². The predicted octanol–water partition coefficient (Wildman–Crippen LogP) is 11.5. The number of para-hydroxylation sites is 1. The summed E-state index contributed by atoms with van der Waals surface area (Å²) in [4.78, 5) is 2.76. The SMILES string of the molecule is CC(C)CC[N+]1=C(C=C2N(CCCCC3CCCC3)c3ccc4ccccc4c3C2(C)Cc2ccccc2)C(C)(C)c2ccccc21. The van der Waals surface area contributed by atoms with Crippen LogP contribution in [0, 0.1) is 11.8 Å². The first kappa shape index (κ1) is 31.9. The van der Waals surface area contributed by atoms with Gasteiger partial charge < -0.3 is 4.90 Å². The molecule has 0 spiro atoms. The van der Waals surface area contributed by atoms with Gasteiger partial charge in [0.2, 0.25) is 5.69 Å². The lowest BCUT2D eigenvalue weighted by atomic mass is 9.73. The molecule has 3 aliphatic rings. The van der Waals surface area contributed by atoms with Crippen molar-refractivity contribution in [2.24, 2.45) is 11.8 Å². The third kappa shape index (κ3) is 5.98. The molecule has 0 amide bonds. The second-order valence-corrected chi connectivity index (χ2v) is 15.9. The molecule has 2 heterocycles. The van der Waals surface area contributed by atoms with Crippen LogP contribution < -0.4 is 4.90 Å². The summed E-state index contributed by atoms with van der Waals surface area (Å²) in [6.07, 6.45) is 14.5. The lowest BCUT2D eigenvalue weighted by molar-refractivity contribution is -0.439. The molecule has 4 aromatic rings. The Bertz CT molecular complexity index is 1790. The molecule has 47 heavy (non-hydrogen) atoms. The van der Waals surface area contributed by atoms with Gasteiger partial charge in [0.15, 0.2) is 5.71 Å². The van der Waals surface area contributed by atoms with Crippen LogP contribution in [0.15, 0.2) is 103 Å². The van der Waals surface area contributed by atoms with Crippen molar-refractivity contribution in [3.05, 3.63) is 119 Å². The highest BCUT2D eigenvalue weighted by Crippen LogP contribution is 2.53. The van der Waals surface area contributed by atoms with Crippen LogP contribution >= 0.6 is 0 Å². The Morgan fingerprint density at radius 1 is 0.830 bits per heavy atom. The van der Waals surface area contributed by atoms with E-state index in [2.05, 4.69) is 141 Å². The van der Waals surface area contributed by atoms with Gasteiger partial charge in [-0.3, -0.25) is 0 Å². The van der Waals surface area contributed by atoms with E-state index in [9.17, 15) is 0 Å². The Kier molecular flexibility index (Phi) is 8.90.